The molecule has 5 nitrogen and oxygen atoms in total. The molecule has 2 amide bonds. The summed E-state index contributed by atoms with van der Waals surface area (Å²) in [7, 11) is 0. The third kappa shape index (κ3) is 5.83. The van der Waals surface area contributed by atoms with Gasteiger partial charge in [-0.25, -0.2) is 0 Å². The molecule has 2 N–H and O–H groups in total. The van der Waals surface area contributed by atoms with Gasteiger partial charge >= 0.3 is 0 Å². The Bertz CT molecular complexity index is 992. The van der Waals surface area contributed by atoms with Gasteiger partial charge in [0.15, 0.2) is 6.61 Å². The maximum atomic E-state index is 12.7. The fourth-order valence-corrected chi connectivity index (χ4v) is 2.96. The monoisotopic (exact) mass is 408 g/mol. The third-order valence-corrected chi connectivity index (χ3v) is 4.49. The van der Waals surface area contributed by atoms with Gasteiger partial charge in [-0.3, -0.25) is 9.59 Å². The number of anilines is 1. The Hall–Kier alpha value is -3.31. The second kappa shape index (κ2) is 9.75. The highest BCUT2D eigenvalue weighted by molar-refractivity contribution is 6.30. The van der Waals surface area contributed by atoms with E-state index in [0.717, 1.165) is 5.56 Å². The van der Waals surface area contributed by atoms with Crippen molar-refractivity contribution in [1.29, 1.82) is 0 Å². The van der Waals surface area contributed by atoms with E-state index < -0.39 is 0 Å². The molecular weight excluding hydrogens is 388 g/mol. The predicted octanol–water partition coefficient (Wildman–Crippen LogP) is 4.85. The first-order valence-corrected chi connectivity index (χ1v) is 9.54. The average molecular weight is 409 g/mol. The molecule has 0 unspecified atom stereocenters. The highest BCUT2D eigenvalue weighted by atomic mass is 35.5. The van der Waals surface area contributed by atoms with Crippen molar-refractivity contribution in [3.05, 3.63) is 95.0 Å². The molecule has 0 saturated carbocycles. The van der Waals surface area contributed by atoms with E-state index in [9.17, 15) is 9.59 Å². The minimum atomic E-state index is -0.374. The van der Waals surface area contributed by atoms with Gasteiger partial charge in [-0.1, -0.05) is 60.1 Å². The number of amides is 2. The molecule has 148 valence electrons. The summed E-state index contributed by atoms with van der Waals surface area (Å²) in [6, 6.07) is 23.2. The number of ether oxygens (including phenoxy) is 1. The van der Waals surface area contributed by atoms with Gasteiger partial charge in [0.05, 0.1) is 17.3 Å². The smallest absolute Gasteiger partial charge is 0.262 e. The third-order valence-electron chi connectivity index (χ3n) is 4.26. The van der Waals surface area contributed by atoms with Crippen molar-refractivity contribution in [2.75, 3.05) is 11.9 Å². The molecule has 0 bridgehead atoms. The van der Waals surface area contributed by atoms with Crippen molar-refractivity contribution >= 4 is 29.1 Å². The fourth-order valence-electron chi connectivity index (χ4n) is 2.78. The van der Waals surface area contributed by atoms with Crippen LogP contribution in [0.3, 0.4) is 0 Å². The molecule has 0 aliphatic heterocycles. The molecule has 3 aromatic carbocycles. The molecule has 0 saturated heterocycles. The lowest BCUT2D eigenvalue weighted by Crippen LogP contribution is -2.28. The summed E-state index contributed by atoms with van der Waals surface area (Å²) < 4.78 is 5.45. The summed E-state index contributed by atoms with van der Waals surface area (Å²) in [6.45, 7) is 1.71. The molecule has 0 spiro atoms. The molecule has 0 aromatic heterocycles. The number of para-hydroxylation sites is 1. The Balaban J connectivity index is 1.63. The zero-order valence-corrected chi connectivity index (χ0v) is 16.6. The normalized spacial score (nSPS) is 11.4. The highest BCUT2D eigenvalue weighted by Gasteiger charge is 2.16. The Kier molecular flexibility index (Phi) is 6.87. The van der Waals surface area contributed by atoms with Gasteiger partial charge in [0, 0.05) is 5.02 Å². The number of hydrogen-bond acceptors (Lipinski definition) is 3. The van der Waals surface area contributed by atoms with Crippen LogP contribution in [0.15, 0.2) is 78.9 Å². The summed E-state index contributed by atoms with van der Waals surface area (Å²) >= 11 is 5.91. The van der Waals surface area contributed by atoms with Crippen LogP contribution >= 0.6 is 11.6 Å². The topological polar surface area (TPSA) is 67.4 Å². The first kappa shape index (κ1) is 20.4. The van der Waals surface area contributed by atoms with E-state index in [-0.39, 0.29) is 24.5 Å². The summed E-state index contributed by atoms with van der Waals surface area (Å²) in [6.07, 6.45) is 0. The molecule has 0 fully saturated rings. The molecule has 3 rings (SSSR count). The first-order valence-electron chi connectivity index (χ1n) is 9.16. The molecule has 3 aromatic rings. The molecule has 0 aliphatic carbocycles. The summed E-state index contributed by atoms with van der Waals surface area (Å²) in [4.78, 5) is 25.0. The Morgan fingerprint density at radius 3 is 2.45 bits per heavy atom. The van der Waals surface area contributed by atoms with E-state index in [1.54, 1.807) is 48.5 Å². The van der Waals surface area contributed by atoms with Crippen molar-refractivity contribution in [3.63, 3.8) is 0 Å². The highest BCUT2D eigenvalue weighted by Crippen LogP contribution is 2.19. The number of nitrogens with one attached hydrogen (secondary N) is 2. The maximum absolute atomic E-state index is 12.7. The predicted molar refractivity (Wildman–Crippen MR) is 114 cm³/mol. The van der Waals surface area contributed by atoms with Crippen LogP contribution in [0.5, 0.6) is 5.75 Å². The number of carbonyl (C=O) groups is 2. The number of rotatable bonds is 7. The minimum absolute atomic E-state index is 0.168. The van der Waals surface area contributed by atoms with Crippen molar-refractivity contribution in [2.45, 2.75) is 13.0 Å². The summed E-state index contributed by atoms with van der Waals surface area (Å²) in [5.41, 5.74) is 1.80. The van der Waals surface area contributed by atoms with Crippen LogP contribution in [0.2, 0.25) is 5.02 Å². The average Bonchev–Trinajstić information content (AvgIpc) is 2.73. The second-order valence-electron chi connectivity index (χ2n) is 6.45. The van der Waals surface area contributed by atoms with Gasteiger partial charge in [-0.15, -0.1) is 0 Å². The summed E-state index contributed by atoms with van der Waals surface area (Å²) in [5, 5.41) is 6.21. The lowest BCUT2D eigenvalue weighted by atomic mass is 10.1. The molecule has 0 radical (unpaired) electrons. The molecule has 0 heterocycles. The molecule has 29 heavy (non-hydrogen) atoms. The number of hydrogen-bond donors (Lipinski definition) is 2. The summed E-state index contributed by atoms with van der Waals surface area (Å²) in [5.74, 6) is -0.148. The van der Waals surface area contributed by atoms with Gasteiger partial charge in [0.2, 0.25) is 0 Å². The van der Waals surface area contributed by atoms with Gasteiger partial charge in [0.1, 0.15) is 5.75 Å². The fraction of sp³-hybridized carbons (Fsp3) is 0.130. The van der Waals surface area contributed by atoms with Crippen LogP contribution < -0.4 is 15.4 Å². The van der Waals surface area contributed by atoms with Crippen molar-refractivity contribution < 1.29 is 14.3 Å². The maximum Gasteiger partial charge on any atom is 0.262 e. The van der Waals surface area contributed by atoms with Crippen molar-refractivity contribution in [2.24, 2.45) is 0 Å². The zero-order chi connectivity index (χ0) is 20.6. The van der Waals surface area contributed by atoms with Crippen LogP contribution in [-0.4, -0.2) is 18.4 Å². The van der Waals surface area contributed by atoms with Crippen molar-refractivity contribution in [3.8, 4) is 5.75 Å². The Labute approximate surface area is 174 Å². The molecule has 1 atom stereocenters. The van der Waals surface area contributed by atoms with Gasteiger partial charge in [-0.05, 0) is 42.8 Å². The van der Waals surface area contributed by atoms with Gasteiger partial charge < -0.3 is 15.4 Å². The van der Waals surface area contributed by atoms with Gasteiger partial charge in [0.25, 0.3) is 11.8 Å². The minimum Gasteiger partial charge on any atom is -0.484 e. The van der Waals surface area contributed by atoms with E-state index >= 15 is 0 Å². The number of benzene rings is 3. The quantitative estimate of drug-likeness (QED) is 0.587. The van der Waals surface area contributed by atoms with E-state index in [4.69, 9.17) is 16.3 Å². The zero-order valence-electron chi connectivity index (χ0n) is 15.9. The van der Waals surface area contributed by atoms with E-state index in [1.807, 2.05) is 37.3 Å². The lowest BCUT2D eigenvalue weighted by molar-refractivity contribution is -0.118. The molecule has 0 aliphatic rings. The SMILES string of the molecule is C[C@@H](NC(=O)c1ccccc1NC(=O)COc1cccc(Cl)c1)c1ccccc1. The molecular formula is C23H21ClN2O3. The van der Waals surface area contributed by atoms with Crippen LogP contribution in [0.1, 0.15) is 28.9 Å². The number of halogens is 1. The molecule has 6 heteroatoms. The Morgan fingerprint density at radius 1 is 0.966 bits per heavy atom. The van der Waals surface area contributed by atoms with Gasteiger partial charge in [-0.2, -0.15) is 0 Å². The van der Waals surface area contributed by atoms with Crippen LogP contribution in [-0.2, 0) is 4.79 Å². The number of carbonyl (C=O) groups excluding carboxylic acids is 2. The first-order chi connectivity index (χ1) is 14.0. The van der Waals surface area contributed by atoms with E-state index in [1.165, 1.54) is 0 Å². The lowest BCUT2D eigenvalue weighted by Gasteiger charge is -2.16. The van der Waals surface area contributed by atoms with Crippen LogP contribution in [0.4, 0.5) is 5.69 Å². The largest absolute Gasteiger partial charge is 0.484 e. The standard InChI is InChI=1S/C23H21ClN2O3/c1-16(17-8-3-2-4-9-17)25-23(28)20-12-5-6-13-21(20)26-22(27)15-29-19-11-7-10-18(24)14-19/h2-14,16H,15H2,1H3,(H,25,28)(H,26,27)/t16-/m1/s1. The van der Waals surface area contributed by atoms with E-state index in [2.05, 4.69) is 10.6 Å². The second-order valence-corrected chi connectivity index (χ2v) is 6.88. The van der Waals surface area contributed by atoms with Crippen molar-refractivity contribution in [1.82, 2.24) is 5.32 Å². The Morgan fingerprint density at radius 2 is 1.69 bits per heavy atom. The van der Waals surface area contributed by atoms with E-state index in [0.29, 0.717) is 22.0 Å². The van der Waals surface area contributed by atoms with Crippen LogP contribution in [0.25, 0.3) is 0 Å². The van der Waals surface area contributed by atoms with Crippen LogP contribution in [0, 0.1) is 0 Å².